The number of nitrogens with zero attached hydrogens (tertiary/aromatic N) is 2. The van der Waals surface area contributed by atoms with Crippen LogP contribution in [0.3, 0.4) is 0 Å². The van der Waals surface area contributed by atoms with E-state index in [9.17, 15) is 5.11 Å². The zero-order valence-corrected chi connectivity index (χ0v) is 12.1. The van der Waals surface area contributed by atoms with Crippen molar-refractivity contribution in [2.75, 3.05) is 39.3 Å². The smallest absolute Gasteiger partial charge is 0.0613 e. The number of hydrogen-bond acceptors (Lipinski definition) is 4. The minimum absolute atomic E-state index is 0.161. The highest BCUT2D eigenvalue weighted by molar-refractivity contribution is 4.96. The number of aliphatic hydroxyl groups excluding tert-OH is 1. The molecule has 3 N–H and O–H groups in total. The lowest BCUT2D eigenvalue weighted by atomic mass is 9.86. The molecule has 3 unspecified atom stereocenters. The Bertz CT molecular complexity index is 312. The summed E-state index contributed by atoms with van der Waals surface area (Å²) in [5.41, 5.74) is 6.04. The van der Waals surface area contributed by atoms with Gasteiger partial charge in [-0.2, -0.15) is 0 Å². The largest absolute Gasteiger partial charge is 0.394 e. The number of fused-ring (bicyclic) bond motifs is 1. The molecule has 3 rings (SSSR count). The Labute approximate surface area is 116 Å². The molecule has 0 amide bonds. The van der Waals surface area contributed by atoms with E-state index < -0.39 is 0 Å². The third-order valence-corrected chi connectivity index (χ3v) is 5.77. The van der Waals surface area contributed by atoms with Crippen molar-refractivity contribution in [3.63, 3.8) is 0 Å². The summed E-state index contributed by atoms with van der Waals surface area (Å²) in [6.45, 7) is 6.38. The Morgan fingerprint density at radius 2 is 2.05 bits per heavy atom. The standard InChI is InChI=1S/C15H29N3O/c16-15(12-19)6-1-3-13(15)5-8-17-9-10-18-7-2-4-14(18)11-17/h13-14,19H,1-12,16H2. The quantitative estimate of drug-likeness (QED) is 0.785. The number of piperazine rings is 1. The van der Waals surface area contributed by atoms with Crippen LogP contribution in [0.15, 0.2) is 0 Å². The van der Waals surface area contributed by atoms with Crippen molar-refractivity contribution in [2.24, 2.45) is 11.7 Å². The van der Waals surface area contributed by atoms with E-state index >= 15 is 0 Å². The molecule has 2 heterocycles. The number of hydrogen-bond donors (Lipinski definition) is 2. The first kappa shape index (κ1) is 13.8. The molecule has 0 bridgehead atoms. The van der Waals surface area contributed by atoms with Gasteiger partial charge in [0, 0.05) is 31.2 Å². The van der Waals surface area contributed by atoms with Crippen LogP contribution in [0.5, 0.6) is 0 Å². The molecule has 0 aromatic carbocycles. The Balaban J connectivity index is 1.47. The third kappa shape index (κ3) is 2.82. The number of nitrogens with two attached hydrogens (primary N) is 1. The van der Waals surface area contributed by atoms with Crippen LogP contribution in [0, 0.1) is 5.92 Å². The minimum Gasteiger partial charge on any atom is -0.394 e. The zero-order chi connectivity index (χ0) is 13.3. The average molecular weight is 267 g/mol. The van der Waals surface area contributed by atoms with Gasteiger partial charge in [0.1, 0.15) is 0 Å². The van der Waals surface area contributed by atoms with Crippen LogP contribution in [-0.4, -0.2) is 65.8 Å². The summed E-state index contributed by atoms with van der Waals surface area (Å²) >= 11 is 0. The molecule has 0 aromatic rings. The SMILES string of the molecule is NC1(CO)CCCC1CCN1CCN2CCCC2C1. The van der Waals surface area contributed by atoms with Crippen molar-refractivity contribution in [3.05, 3.63) is 0 Å². The van der Waals surface area contributed by atoms with Crippen LogP contribution in [0.4, 0.5) is 0 Å². The van der Waals surface area contributed by atoms with E-state index in [1.807, 2.05) is 0 Å². The van der Waals surface area contributed by atoms with Gasteiger partial charge in [-0.05, 0) is 51.1 Å². The minimum atomic E-state index is -0.283. The average Bonchev–Trinajstić information content (AvgIpc) is 3.03. The van der Waals surface area contributed by atoms with Crippen LogP contribution in [0.25, 0.3) is 0 Å². The molecular weight excluding hydrogens is 238 g/mol. The maximum absolute atomic E-state index is 9.51. The summed E-state index contributed by atoms with van der Waals surface area (Å²) in [4.78, 5) is 5.29. The molecule has 2 aliphatic heterocycles. The van der Waals surface area contributed by atoms with Crippen LogP contribution in [0.2, 0.25) is 0 Å². The molecule has 0 aromatic heterocycles. The Kier molecular flexibility index (Phi) is 4.13. The lowest BCUT2D eigenvalue weighted by molar-refractivity contribution is 0.0902. The van der Waals surface area contributed by atoms with Gasteiger partial charge in [-0.25, -0.2) is 0 Å². The number of aliphatic hydroxyl groups is 1. The van der Waals surface area contributed by atoms with Crippen LogP contribution >= 0.6 is 0 Å². The molecule has 3 fully saturated rings. The maximum Gasteiger partial charge on any atom is 0.0613 e. The van der Waals surface area contributed by atoms with Crippen LogP contribution in [0.1, 0.15) is 38.5 Å². The van der Waals surface area contributed by atoms with Gasteiger partial charge in [0.2, 0.25) is 0 Å². The zero-order valence-electron chi connectivity index (χ0n) is 12.1. The van der Waals surface area contributed by atoms with E-state index in [-0.39, 0.29) is 12.1 Å². The highest BCUT2D eigenvalue weighted by Gasteiger charge is 2.39. The fourth-order valence-electron chi connectivity index (χ4n) is 4.41. The predicted molar refractivity (Wildman–Crippen MR) is 77.0 cm³/mol. The molecule has 1 aliphatic carbocycles. The first-order chi connectivity index (χ1) is 9.21. The molecule has 0 radical (unpaired) electrons. The second kappa shape index (κ2) is 5.68. The molecule has 19 heavy (non-hydrogen) atoms. The Hall–Kier alpha value is -0.160. The summed E-state index contributed by atoms with van der Waals surface area (Å²) < 4.78 is 0. The van der Waals surface area contributed by atoms with E-state index in [4.69, 9.17) is 5.73 Å². The maximum atomic E-state index is 9.51. The molecule has 3 aliphatic rings. The summed E-state index contributed by atoms with van der Waals surface area (Å²) in [7, 11) is 0. The van der Waals surface area contributed by atoms with Crippen molar-refractivity contribution in [1.82, 2.24) is 9.80 Å². The van der Waals surface area contributed by atoms with E-state index in [1.54, 1.807) is 0 Å². The van der Waals surface area contributed by atoms with Gasteiger partial charge < -0.3 is 15.7 Å². The fourth-order valence-corrected chi connectivity index (χ4v) is 4.41. The van der Waals surface area contributed by atoms with Gasteiger partial charge in [-0.15, -0.1) is 0 Å². The molecule has 4 heteroatoms. The fraction of sp³-hybridized carbons (Fsp3) is 1.00. The summed E-state index contributed by atoms with van der Waals surface area (Å²) in [5, 5.41) is 9.51. The van der Waals surface area contributed by atoms with Crippen LogP contribution < -0.4 is 5.73 Å². The topological polar surface area (TPSA) is 52.7 Å². The molecule has 4 nitrogen and oxygen atoms in total. The van der Waals surface area contributed by atoms with Crippen molar-refractivity contribution in [1.29, 1.82) is 0 Å². The highest BCUT2D eigenvalue weighted by Crippen LogP contribution is 2.36. The van der Waals surface area contributed by atoms with Crippen molar-refractivity contribution >= 4 is 0 Å². The van der Waals surface area contributed by atoms with E-state index in [2.05, 4.69) is 9.80 Å². The molecule has 3 atom stereocenters. The Morgan fingerprint density at radius 3 is 2.89 bits per heavy atom. The first-order valence-corrected chi connectivity index (χ1v) is 8.07. The van der Waals surface area contributed by atoms with Crippen LogP contribution in [-0.2, 0) is 0 Å². The molecule has 1 saturated carbocycles. The molecule has 2 saturated heterocycles. The predicted octanol–water partition coefficient (Wildman–Crippen LogP) is 0.646. The van der Waals surface area contributed by atoms with Gasteiger partial charge in [0.15, 0.2) is 0 Å². The van der Waals surface area contributed by atoms with E-state index in [0.29, 0.717) is 5.92 Å². The van der Waals surface area contributed by atoms with Crippen molar-refractivity contribution < 1.29 is 5.11 Å². The molecule has 110 valence electrons. The normalized spacial score (nSPS) is 40.7. The van der Waals surface area contributed by atoms with E-state index in [1.165, 1.54) is 64.8 Å². The highest BCUT2D eigenvalue weighted by atomic mass is 16.3. The van der Waals surface area contributed by atoms with Crippen molar-refractivity contribution in [2.45, 2.75) is 50.1 Å². The van der Waals surface area contributed by atoms with Crippen molar-refractivity contribution in [3.8, 4) is 0 Å². The lowest BCUT2D eigenvalue weighted by Crippen LogP contribution is -2.52. The number of rotatable bonds is 4. The summed E-state index contributed by atoms with van der Waals surface area (Å²) in [6, 6.07) is 0.817. The van der Waals surface area contributed by atoms with Gasteiger partial charge in [-0.1, -0.05) is 6.42 Å². The molecule has 0 spiro atoms. The van der Waals surface area contributed by atoms with Gasteiger partial charge in [0.05, 0.1) is 6.61 Å². The molecular formula is C15H29N3O. The van der Waals surface area contributed by atoms with Gasteiger partial charge >= 0.3 is 0 Å². The monoisotopic (exact) mass is 267 g/mol. The van der Waals surface area contributed by atoms with E-state index in [0.717, 1.165) is 12.5 Å². The summed E-state index contributed by atoms with van der Waals surface area (Å²) in [5.74, 6) is 0.527. The second-order valence-corrected chi connectivity index (χ2v) is 6.90. The third-order valence-electron chi connectivity index (χ3n) is 5.77. The van der Waals surface area contributed by atoms with Gasteiger partial charge in [0.25, 0.3) is 0 Å². The lowest BCUT2D eigenvalue weighted by Gasteiger charge is -2.38. The summed E-state index contributed by atoms with van der Waals surface area (Å²) in [6.07, 6.45) is 7.35. The first-order valence-electron chi connectivity index (χ1n) is 8.07. The Morgan fingerprint density at radius 1 is 1.16 bits per heavy atom. The van der Waals surface area contributed by atoms with Gasteiger partial charge in [-0.3, -0.25) is 4.90 Å². The second-order valence-electron chi connectivity index (χ2n) is 6.90.